The molecule has 2 unspecified atom stereocenters. The van der Waals surface area contributed by atoms with E-state index in [4.69, 9.17) is 9.47 Å². The van der Waals surface area contributed by atoms with Crippen LogP contribution < -0.4 is 10.6 Å². The van der Waals surface area contributed by atoms with Crippen LogP contribution in [0, 0.1) is 0 Å². The van der Waals surface area contributed by atoms with Crippen LogP contribution in [0.5, 0.6) is 0 Å². The molecule has 180 valence electrons. The number of H-pyrrole nitrogens is 1. The summed E-state index contributed by atoms with van der Waals surface area (Å²) in [5.41, 5.74) is 2.45. The van der Waals surface area contributed by atoms with Gasteiger partial charge in [-0.1, -0.05) is 13.8 Å². The lowest BCUT2D eigenvalue weighted by Gasteiger charge is -2.14. The highest BCUT2D eigenvalue weighted by Gasteiger charge is 2.29. The largest absolute Gasteiger partial charge is 0.446 e. The number of methoxy groups -OCH3 is 1. The fourth-order valence-electron chi connectivity index (χ4n) is 3.30. The topological polar surface area (TPSA) is 123 Å². The Bertz CT molecular complexity index is 817. The molecule has 1 aliphatic carbocycles. The molecule has 1 saturated carbocycles. The zero-order valence-electron chi connectivity index (χ0n) is 20.3. The second-order valence-corrected chi connectivity index (χ2v) is 7.53. The predicted molar refractivity (Wildman–Crippen MR) is 124 cm³/mol. The number of amides is 1. The molecule has 2 atom stereocenters. The molecule has 0 spiro atoms. The van der Waals surface area contributed by atoms with Crippen LogP contribution in [0.25, 0.3) is 0 Å². The van der Waals surface area contributed by atoms with Gasteiger partial charge in [0, 0.05) is 44.9 Å². The normalized spacial score (nSPS) is 17.0. The van der Waals surface area contributed by atoms with Crippen LogP contribution in [-0.4, -0.2) is 58.7 Å². The minimum absolute atomic E-state index is 0.00471. The Hall–Kier alpha value is -2.88. The lowest BCUT2D eigenvalue weighted by atomic mass is 10.0. The Morgan fingerprint density at radius 1 is 1.34 bits per heavy atom. The monoisotopic (exact) mass is 450 g/mol. The van der Waals surface area contributed by atoms with Gasteiger partial charge in [0.05, 0.1) is 12.3 Å². The predicted octanol–water partition coefficient (Wildman–Crippen LogP) is 3.63. The van der Waals surface area contributed by atoms with E-state index < -0.39 is 0 Å². The number of hydrogen-bond acceptors (Lipinski definition) is 7. The van der Waals surface area contributed by atoms with Gasteiger partial charge in [-0.2, -0.15) is 10.2 Å². The number of carbonyl (C=O) groups is 2. The molecule has 3 N–H and O–H groups in total. The van der Waals surface area contributed by atoms with Crippen molar-refractivity contribution >= 4 is 18.2 Å². The van der Waals surface area contributed by atoms with Gasteiger partial charge < -0.3 is 20.1 Å². The molecule has 0 bridgehead atoms. The molecule has 1 amide bonds. The molecule has 1 aliphatic rings. The molecule has 2 aromatic heterocycles. The summed E-state index contributed by atoms with van der Waals surface area (Å²) in [4.78, 5) is 21.9. The van der Waals surface area contributed by atoms with E-state index in [0.29, 0.717) is 18.2 Å². The highest BCUT2D eigenvalue weighted by molar-refractivity contribution is 5.72. The zero-order valence-corrected chi connectivity index (χ0v) is 20.3. The number of aromatic amines is 1. The number of carbonyl (C=O) groups excluding carboxylic acids is 2. The fourth-order valence-corrected chi connectivity index (χ4v) is 3.30. The van der Waals surface area contributed by atoms with E-state index in [1.807, 2.05) is 40.8 Å². The SMILES string of the molecule is CC.CNc1cc(C2CCC(OC(=O)NC(C)C)C2)[nH]n1.COCc1cc(C=O)n(C)n1. The number of nitrogens with one attached hydrogen (secondary N) is 3. The number of aryl methyl sites for hydroxylation is 1. The van der Waals surface area contributed by atoms with Crippen molar-refractivity contribution in [3.05, 3.63) is 29.2 Å². The third-order valence-corrected chi connectivity index (χ3v) is 4.74. The van der Waals surface area contributed by atoms with Gasteiger partial charge in [-0.3, -0.25) is 14.6 Å². The number of nitrogens with zero attached hydrogens (tertiary/aromatic N) is 3. The van der Waals surface area contributed by atoms with Gasteiger partial charge >= 0.3 is 6.09 Å². The van der Waals surface area contributed by atoms with Crippen molar-refractivity contribution in [1.29, 1.82) is 0 Å². The number of anilines is 1. The molecule has 0 saturated heterocycles. The minimum atomic E-state index is -0.318. The first-order valence-corrected chi connectivity index (χ1v) is 11.0. The van der Waals surface area contributed by atoms with Gasteiger partial charge in [0.15, 0.2) is 6.29 Å². The van der Waals surface area contributed by atoms with Crippen molar-refractivity contribution in [2.24, 2.45) is 7.05 Å². The summed E-state index contributed by atoms with van der Waals surface area (Å²) < 4.78 is 11.8. The molecule has 10 nitrogen and oxygen atoms in total. The van der Waals surface area contributed by atoms with Gasteiger partial charge in [0.1, 0.15) is 17.6 Å². The van der Waals surface area contributed by atoms with Crippen molar-refractivity contribution in [3.63, 3.8) is 0 Å². The van der Waals surface area contributed by atoms with Crippen LogP contribution in [0.1, 0.15) is 74.8 Å². The maximum atomic E-state index is 11.5. The Kier molecular flexibility index (Phi) is 12.1. The van der Waals surface area contributed by atoms with Crippen LogP contribution in [-0.2, 0) is 23.1 Å². The summed E-state index contributed by atoms with van der Waals surface area (Å²) in [5.74, 6) is 1.24. The number of rotatable bonds is 7. The Morgan fingerprint density at radius 3 is 2.59 bits per heavy atom. The quantitative estimate of drug-likeness (QED) is 0.550. The highest BCUT2D eigenvalue weighted by atomic mass is 16.6. The van der Waals surface area contributed by atoms with Gasteiger partial charge in [0.2, 0.25) is 0 Å². The summed E-state index contributed by atoms with van der Waals surface area (Å²) in [6, 6.07) is 3.83. The summed E-state index contributed by atoms with van der Waals surface area (Å²) in [5, 5.41) is 17.0. The summed E-state index contributed by atoms with van der Waals surface area (Å²) >= 11 is 0. The molecule has 3 rings (SSSR count). The molecular formula is C22H38N6O4. The molecule has 0 aromatic carbocycles. The van der Waals surface area contributed by atoms with E-state index in [9.17, 15) is 9.59 Å². The van der Waals surface area contributed by atoms with Crippen LogP contribution in [0.15, 0.2) is 12.1 Å². The summed E-state index contributed by atoms with van der Waals surface area (Å²) in [7, 11) is 5.16. The Balaban J connectivity index is 0.000000335. The number of ether oxygens (including phenoxy) is 2. The Labute approximate surface area is 190 Å². The van der Waals surface area contributed by atoms with Crippen LogP contribution in [0.3, 0.4) is 0 Å². The molecule has 2 aromatic rings. The van der Waals surface area contributed by atoms with E-state index >= 15 is 0 Å². The van der Waals surface area contributed by atoms with Crippen molar-refractivity contribution in [3.8, 4) is 0 Å². The van der Waals surface area contributed by atoms with Crippen molar-refractivity contribution in [2.45, 2.75) is 71.6 Å². The van der Waals surface area contributed by atoms with E-state index in [1.54, 1.807) is 20.2 Å². The zero-order chi connectivity index (χ0) is 24.1. The van der Waals surface area contributed by atoms with E-state index in [1.165, 1.54) is 4.68 Å². The molecule has 1 fully saturated rings. The molecule has 10 heteroatoms. The fraction of sp³-hybridized carbons (Fsp3) is 0.636. The standard InChI is InChI=1S/C13H22N4O2.C7H10N2O2.C2H6/c1-8(2)15-13(18)19-10-5-4-9(6-10)11-7-12(14-3)17-16-11;1-9-7(4-10)3-6(8-9)5-11-2;1-2/h7-10H,4-6H2,1-3H3,(H,15,18)(H2,14,16,17);3-4H,5H2,1-2H3;1-2H3. The number of aldehydes is 1. The van der Waals surface area contributed by atoms with E-state index in [2.05, 4.69) is 25.9 Å². The van der Waals surface area contributed by atoms with E-state index in [0.717, 1.165) is 42.8 Å². The number of alkyl carbamates (subject to hydrolysis) is 1. The van der Waals surface area contributed by atoms with Crippen molar-refractivity contribution in [1.82, 2.24) is 25.3 Å². The Morgan fingerprint density at radius 2 is 2.06 bits per heavy atom. The first-order valence-electron chi connectivity index (χ1n) is 11.0. The average molecular weight is 451 g/mol. The maximum absolute atomic E-state index is 11.5. The number of aromatic nitrogens is 4. The third-order valence-electron chi connectivity index (χ3n) is 4.74. The van der Waals surface area contributed by atoms with Crippen LogP contribution in [0.4, 0.5) is 10.6 Å². The molecule has 0 radical (unpaired) electrons. The molecular weight excluding hydrogens is 412 g/mol. The summed E-state index contributed by atoms with van der Waals surface area (Å²) in [6.07, 6.45) is 3.24. The van der Waals surface area contributed by atoms with E-state index in [-0.39, 0.29) is 18.2 Å². The third kappa shape index (κ3) is 8.70. The molecule has 32 heavy (non-hydrogen) atoms. The molecule has 0 aliphatic heterocycles. The maximum Gasteiger partial charge on any atom is 0.407 e. The van der Waals surface area contributed by atoms with Gasteiger partial charge in [-0.05, 0) is 39.2 Å². The highest BCUT2D eigenvalue weighted by Crippen LogP contribution is 2.35. The first-order chi connectivity index (χ1) is 15.4. The average Bonchev–Trinajstić information content (AvgIpc) is 3.49. The second-order valence-electron chi connectivity index (χ2n) is 7.53. The number of hydrogen-bond donors (Lipinski definition) is 3. The van der Waals surface area contributed by atoms with Crippen LogP contribution >= 0.6 is 0 Å². The second kappa shape index (κ2) is 14.2. The van der Waals surface area contributed by atoms with Gasteiger partial charge in [0.25, 0.3) is 0 Å². The smallest absolute Gasteiger partial charge is 0.407 e. The van der Waals surface area contributed by atoms with Crippen LogP contribution in [0.2, 0.25) is 0 Å². The van der Waals surface area contributed by atoms with Crippen molar-refractivity contribution in [2.75, 3.05) is 19.5 Å². The summed E-state index contributed by atoms with van der Waals surface area (Å²) in [6.45, 7) is 8.28. The molecule has 2 heterocycles. The van der Waals surface area contributed by atoms with Crippen molar-refractivity contribution < 1.29 is 19.1 Å². The van der Waals surface area contributed by atoms with Gasteiger partial charge in [-0.15, -0.1) is 0 Å². The van der Waals surface area contributed by atoms with Gasteiger partial charge in [-0.25, -0.2) is 4.79 Å². The lowest BCUT2D eigenvalue weighted by molar-refractivity contribution is 0.0981. The first kappa shape index (κ1) is 27.2. The minimum Gasteiger partial charge on any atom is -0.446 e. The lowest BCUT2D eigenvalue weighted by Crippen LogP contribution is -2.33.